The first kappa shape index (κ1) is 28.0. The molecule has 1 unspecified atom stereocenters. The van der Waals surface area contributed by atoms with Crippen molar-refractivity contribution < 1.29 is 19.1 Å². The predicted octanol–water partition coefficient (Wildman–Crippen LogP) is 5.60. The van der Waals surface area contributed by atoms with Crippen LogP contribution in [0.5, 0.6) is 0 Å². The topological polar surface area (TPSA) is 49.4 Å². The van der Waals surface area contributed by atoms with E-state index in [-0.39, 0.29) is 12.5 Å². The molecule has 0 aromatic rings. The number of carboxylic acid groups (broad SMARTS) is 1. The highest BCUT2D eigenvalue weighted by Gasteiger charge is 2.18. The van der Waals surface area contributed by atoms with E-state index < -0.39 is 5.97 Å². The molecule has 0 rings (SSSR count). The van der Waals surface area contributed by atoms with Gasteiger partial charge in [0.15, 0.2) is 6.10 Å². The van der Waals surface area contributed by atoms with Gasteiger partial charge >= 0.3 is 0 Å². The zero-order valence-electron chi connectivity index (χ0n) is 19.9. The van der Waals surface area contributed by atoms with Crippen molar-refractivity contribution >= 4 is 5.97 Å². The first-order valence-electron chi connectivity index (χ1n) is 12.2. The highest BCUT2D eigenvalue weighted by molar-refractivity contribution is 5.64. The van der Waals surface area contributed by atoms with Gasteiger partial charge in [0.25, 0.3) is 0 Å². The molecule has 0 fully saturated rings. The van der Waals surface area contributed by atoms with Crippen LogP contribution < -0.4 is 5.11 Å². The highest BCUT2D eigenvalue weighted by atomic mass is 16.5. The number of carbonyl (C=O) groups excluding carboxylic acids is 1. The third kappa shape index (κ3) is 23.1. The number of nitrogens with zero attached hydrogens (tertiary/aromatic N) is 1. The number of rotatable bonds is 21. The van der Waals surface area contributed by atoms with Crippen LogP contribution in [0.2, 0.25) is 0 Å². The van der Waals surface area contributed by atoms with E-state index in [1.54, 1.807) is 6.26 Å². The Labute approximate surface area is 181 Å². The van der Waals surface area contributed by atoms with Gasteiger partial charge in [0.2, 0.25) is 0 Å². The van der Waals surface area contributed by atoms with Crippen molar-refractivity contribution in [2.45, 2.75) is 116 Å². The zero-order chi connectivity index (χ0) is 21.8. The number of allylic oxidation sites excluding steroid dienone is 1. The van der Waals surface area contributed by atoms with E-state index in [0.717, 1.165) is 6.42 Å². The summed E-state index contributed by atoms with van der Waals surface area (Å²) >= 11 is 0. The Hall–Kier alpha value is -1.03. The van der Waals surface area contributed by atoms with Crippen LogP contribution in [0.4, 0.5) is 0 Å². The lowest BCUT2D eigenvalue weighted by atomic mass is 10.0. The van der Waals surface area contributed by atoms with E-state index in [1.165, 1.54) is 89.9 Å². The number of hydrogen-bond donors (Lipinski definition) is 0. The molecule has 172 valence electrons. The second kappa shape index (κ2) is 19.0. The summed E-state index contributed by atoms with van der Waals surface area (Å²) in [6, 6.07) is 0. The summed E-state index contributed by atoms with van der Waals surface area (Å²) in [5.74, 6) is -1.05. The molecule has 29 heavy (non-hydrogen) atoms. The minimum absolute atomic E-state index is 0.0568. The fourth-order valence-electron chi connectivity index (χ4n) is 3.64. The van der Waals surface area contributed by atoms with Crippen LogP contribution >= 0.6 is 0 Å². The van der Waals surface area contributed by atoms with Gasteiger partial charge in [0.05, 0.1) is 27.4 Å². The number of ether oxygens (including phenoxy) is 1. The van der Waals surface area contributed by atoms with Gasteiger partial charge in [-0.3, -0.25) is 0 Å². The molecule has 4 heteroatoms. The number of unbranched alkanes of at least 4 members (excludes halogenated alkanes) is 14. The minimum Gasteiger partial charge on any atom is -0.550 e. The maximum absolute atomic E-state index is 10.9. The smallest absolute Gasteiger partial charge is 0.152 e. The number of carboxylic acids is 1. The van der Waals surface area contributed by atoms with Crippen LogP contribution in [0.1, 0.15) is 110 Å². The van der Waals surface area contributed by atoms with Gasteiger partial charge in [0, 0.05) is 12.4 Å². The summed E-state index contributed by atoms with van der Waals surface area (Å²) in [6.07, 6.45) is 23.5. The van der Waals surface area contributed by atoms with Gasteiger partial charge in [-0.2, -0.15) is 0 Å². The Kier molecular flexibility index (Phi) is 18.3. The summed E-state index contributed by atoms with van der Waals surface area (Å²) < 4.78 is 6.30. The molecule has 0 aliphatic rings. The van der Waals surface area contributed by atoms with E-state index in [1.807, 2.05) is 27.2 Å². The van der Waals surface area contributed by atoms with Crippen LogP contribution in [0.25, 0.3) is 0 Å². The Morgan fingerprint density at radius 2 is 1.28 bits per heavy atom. The summed E-state index contributed by atoms with van der Waals surface area (Å²) in [4.78, 5) is 10.9. The molecule has 0 aliphatic heterocycles. The van der Waals surface area contributed by atoms with Crippen molar-refractivity contribution in [3.05, 3.63) is 12.3 Å². The number of quaternary nitrogens is 1. The zero-order valence-corrected chi connectivity index (χ0v) is 19.9. The average molecular weight is 412 g/mol. The van der Waals surface area contributed by atoms with Crippen molar-refractivity contribution in [1.29, 1.82) is 0 Å². The van der Waals surface area contributed by atoms with Gasteiger partial charge in [0.1, 0.15) is 6.54 Å². The molecule has 0 bridgehead atoms. The predicted molar refractivity (Wildman–Crippen MR) is 121 cm³/mol. The largest absolute Gasteiger partial charge is 0.550 e. The fourth-order valence-corrected chi connectivity index (χ4v) is 3.64. The Balaban J connectivity index is 3.49. The molecule has 0 amide bonds. The molecule has 0 aromatic carbocycles. The van der Waals surface area contributed by atoms with Gasteiger partial charge in [-0.25, -0.2) is 0 Å². The van der Waals surface area contributed by atoms with Crippen LogP contribution in [0.3, 0.4) is 0 Å². The molecule has 0 heterocycles. The number of likely N-dealkylation sites (N-methyl/N-ethyl adjacent to an activating group) is 1. The van der Waals surface area contributed by atoms with E-state index in [0.29, 0.717) is 11.0 Å². The summed E-state index contributed by atoms with van der Waals surface area (Å²) in [5.41, 5.74) is 0. The summed E-state index contributed by atoms with van der Waals surface area (Å²) in [6.45, 7) is 2.92. The minimum atomic E-state index is -1.05. The molecule has 1 atom stereocenters. The standard InChI is InChI=1S/C25H49NO3/c1-5-6-7-8-9-10-11-12-13-14-15-16-17-18-19-20-21-29-24(22-25(27)28)23-26(2,3)4/h20-21,24H,5-19,22-23H2,1-4H3. The molecule has 0 N–H and O–H groups in total. The van der Waals surface area contributed by atoms with Gasteiger partial charge in [-0.1, -0.05) is 90.4 Å². The van der Waals surface area contributed by atoms with Crippen molar-refractivity contribution in [1.82, 2.24) is 0 Å². The van der Waals surface area contributed by atoms with Crippen LogP contribution in [-0.4, -0.2) is 44.2 Å². The summed E-state index contributed by atoms with van der Waals surface area (Å²) in [7, 11) is 6.10. The first-order chi connectivity index (χ1) is 13.8. The van der Waals surface area contributed by atoms with Crippen LogP contribution in [-0.2, 0) is 9.53 Å². The first-order valence-corrected chi connectivity index (χ1v) is 12.2. The van der Waals surface area contributed by atoms with Gasteiger partial charge < -0.3 is 19.1 Å². The average Bonchev–Trinajstić information content (AvgIpc) is 2.62. The van der Waals surface area contributed by atoms with E-state index in [9.17, 15) is 9.90 Å². The van der Waals surface area contributed by atoms with E-state index >= 15 is 0 Å². The van der Waals surface area contributed by atoms with Crippen molar-refractivity contribution in [3.8, 4) is 0 Å². The third-order valence-electron chi connectivity index (χ3n) is 5.24. The molecular weight excluding hydrogens is 362 g/mol. The number of aliphatic carboxylic acids is 1. The second-order valence-electron chi connectivity index (χ2n) is 9.56. The Bertz CT molecular complexity index is 401. The molecule has 0 aliphatic carbocycles. The quantitative estimate of drug-likeness (QED) is 0.140. The molecule has 0 spiro atoms. The van der Waals surface area contributed by atoms with Crippen LogP contribution in [0, 0.1) is 0 Å². The maximum Gasteiger partial charge on any atom is 0.152 e. The summed E-state index contributed by atoms with van der Waals surface area (Å²) in [5, 5.41) is 10.9. The third-order valence-corrected chi connectivity index (χ3v) is 5.24. The number of hydrogen-bond acceptors (Lipinski definition) is 3. The fraction of sp³-hybridized carbons (Fsp3) is 0.880. The lowest BCUT2D eigenvalue weighted by Crippen LogP contribution is -2.44. The van der Waals surface area contributed by atoms with Crippen LogP contribution in [0.15, 0.2) is 12.3 Å². The Morgan fingerprint density at radius 3 is 1.69 bits per heavy atom. The van der Waals surface area contributed by atoms with Crippen molar-refractivity contribution in [2.24, 2.45) is 0 Å². The lowest BCUT2D eigenvalue weighted by Gasteiger charge is -2.28. The molecule has 0 radical (unpaired) electrons. The monoisotopic (exact) mass is 411 g/mol. The Morgan fingerprint density at radius 1 is 0.828 bits per heavy atom. The molecule has 0 aromatic heterocycles. The SMILES string of the molecule is CCCCCCCCCCCCCCCCC=COC(CC(=O)[O-])C[N+](C)(C)C. The molecule has 0 saturated heterocycles. The maximum atomic E-state index is 10.9. The molecule has 4 nitrogen and oxygen atoms in total. The van der Waals surface area contributed by atoms with Crippen molar-refractivity contribution in [3.63, 3.8) is 0 Å². The second-order valence-corrected chi connectivity index (χ2v) is 9.56. The highest BCUT2D eigenvalue weighted by Crippen LogP contribution is 2.13. The normalized spacial score (nSPS) is 13.1. The molecular formula is C25H49NO3. The van der Waals surface area contributed by atoms with E-state index in [2.05, 4.69) is 6.92 Å². The van der Waals surface area contributed by atoms with Gasteiger partial charge in [-0.05, 0) is 18.9 Å². The van der Waals surface area contributed by atoms with Crippen molar-refractivity contribution in [2.75, 3.05) is 27.7 Å². The lowest BCUT2D eigenvalue weighted by molar-refractivity contribution is -0.873. The van der Waals surface area contributed by atoms with Gasteiger partial charge in [-0.15, -0.1) is 0 Å². The molecule has 0 saturated carbocycles. The van der Waals surface area contributed by atoms with E-state index in [4.69, 9.17) is 4.74 Å². The number of carbonyl (C=O) groups is 1.